The summed E-state index contributed by atoms with van der Waals surface area (Å²) < 4.78 is 4.48. The molecule has 0 saturated carbocycles. The highest BCUT2D eigenvalue weighted by Crippen LogP contribution is 1.86. The van der Waals surface area contributed by atoms with Gasteiger partial charge in [0.25, 0.3) is 0 Å². The highest BCUT2D eigenvalue weighted by Gasteiger charge is 1.86. The van der Waals surface area contributed by atoms with Crippen molar-refractivity contribution in [3.05, 3.63) is 12.0 Å². The number of nitriles is 1. The van der Waals surface area contributed by atoms with E-state index in [4.69, 9.17) is 5.26 Å². The SMILES string of the molecule is CO/C(C#N)=C\NC=O. The monoisotopic (exact) mass is 126 g/mol. The smallest absolute Gasteiger partial charge is 0.213 e. The van der Waals surface area contributed by atoms with E-state index in [2.05, 4.69) is 10.1 Å². The number of amides is 1. The molecule has 0 spiro atoms. The molecule has 0 fully saturated rings. The molecule has 4 nitrogen and oxygen atoms in total. The van der Waals surface area contributed by atoms with E-state index in [0.717, 1.165) is 0 Å². The lowest BCUT2D eigenvalue weighted by molar-refractivity contribution is -0.108. The van der Waals surface area contributed by atoms with Crippen LogP contribution in [0.3, 0.4) is 0 Å². The molecule has 48 valence electrons. The molecule has 0 heterocycles. The Morgan fingerprint density at radius 3 is 2.89 bits per heavy atom. The first kappa shape index (κ1) is 7.50. The Balaban J connectivity index is 3.79. The molecule has 0 aliphatic carbocycles. The molecule has 0 rings (SSSR count). The molecule has 4 heteroatoms. The van der Waals surface area contributed by atoms with Crippen LogP contribution >= 0.6 is 0 Å². The van der Waals surface area contributed by atoms with Crippen LogP contribution in [0.1, 0.15) is 0 Å². The summed E-state index contributed by atoms with van der Waals surface area (Å²) in [5.74, 6) is 0.0714. The molecular weight excluding hydrogens is 120 g/mol. The van der Waals surface area contributed by atoms with Crippen molar-refractivity contribution in [3.63, 3.8) is 0 Å². The normalized spacial score (nSPS) is 9.56. The van der Waals surface area contributed by atoms with Gasteiger partial charge < -0.3 is 10.1 Å². The van der Waals surface area contributed by atoms with Gasteiger partial charge in [-0.3, -0.25) is 4.79 Å². The number of hydrogen-bond acceptors (Lipinski definition) is 3. The van der Waals surface area contributed by atoms with E-state index in [1.54, 1.807) is 6.07 Å². The minimum absolute atomic E-state index is 0.0714. The third kappa shape index (κ3) is 3.12. The van der Waals surface area contributed by atoms with Crippen LogP contribution in [-0.4, -0.2) is 13.5 Å². The van der Waals surface area contributed by atoms with Crippen molar-refractivity contribution in [2.45, 2.75) is 0 Å². The lowest BCUT2D eigenvalue weighted by Crippen LogP contribution is -2.01. The van der Waals surface area contributed by atoms with Gasteiger partial charge in [-0.25, -0.2) is 0 Å². The first-order valence-electron chi connectivity index (χ1n) is 2.19. The standard InChI is InChI=1S/C5H6N2O2/c1-9-5(2-6)3-7-4-8/h3-4H,1H3,(H,7,8)/b5-3-. The van der Waals surface area contributed by atoms with Crippen LogP contribution in [0.5, 0.6) is 0 Å². The van der Waals surface area contributed by atoms with Crippen LogP contribution in [0.2, 0.25) is 0 Å². The molecule has 0 aromatic heterocycles. The van der Waals surface area contributed by atoms with Crippen LogP contribution in [0.4, 0.5) is 0 Å². The zero-order valence-corrected chi connectivity index (χ0v) is 4.92. The third-order valence-electron chi connectivity index (χ3n) is 0.613. The van der Waals surface area contributed by atoms with Crippen LogP contribution in [0, 0.1) is 11.3 Å². The van der Waals surface area contributed by atoms with Gasteiger partial charge in [-0.1, -0.05) is 0 Å². The maximum absolute atomic E-state index is 9.62. The van der Waals surface area contributed by atoms with Gasteiger partial charge in [-0.05, 0) is 0 Å². The van der Waals surface area contributed by atoms with Crippen LogP contribution in [0.25, 0.3) is 0 Å². The average Bonchev–Trinajstić information content (AvgIpc) is 1.91. The second kappa shape index (κ2) is 4.65. The fourth-order valence-electron chi connectivity index (χ4n) is 0.247. The van der Waals surface area contributed by atoms with E-state index in [1.165, 1.54) is 13.3 Å². The molecular formula is C5H6N2O2. The Kier molecular flexibility index (Phi) is 3.88. The quantitative estimate of drug-likeness (QED) is 0.322. The number of rotatable bonds is 3. The van der Waals surface area contributed by atoms with Crippen molar-refractivity contribution in [3.8, 4) is 6.07 Å². The lowest BCUT2D eigenvalue weighted by Gasteiger charge is -1.91. The highest BCUT2D eigenvalue weighted by atomic mass is 16.5. The predicted octanol–water partition coefficient (Wildman–Crippen LogP) is -0.256. The maximum atomic E-state index is 9.62. The molecule has 1 N–H and O–H groups in total. The zero-order valence-electron chi connectivity index (χ0n) is 4.92. The number of methoxy groups -OCH3 is 1. The second-order valence-corrected chi connectivity index (χ2v) is 1.11. The van der Waals surface area contributed by atoms with Gasteiger partial charge in [0.05, 0.1) is 13.3 Å². The number of nitrogens with zero attached hydrogens (tertiary/aromatic N) is 1. The number of nitrogens with one attached hydrogen (secondary N) is 1. The van der Waals surface area contributed by atoms with Crippen molar-refractivity contribution >= 4 is 6.41 Å². The summed E-state index contributed by atoms with van der Waals surface area (Å²) in [5.41, 5.74) is 0. The predicted molar refractivity (Wildman–Crippen MR) is 29.9 cm³/mol. The minimum Gasteiger partial charge on any atom is -0.486 e. The van der Waals surface area contributed by atoms with Gasteiger partial charge in [-0.15, -0.1) is 0 Å². The number of carbonyl (C=O) groups is 1. The van der Waals surface area contributed by atoms with E-state index in [-0.39, 0.29) is 5.76 Å². The zero-order chi connectivity index (χ0) is 7.11. The van der Waals surface area contributed by atoms with Crippen molar-refractivity contribution in [2.24, 2.45) is 0 Å². The first-order chi connectivity index (χ1) is 4.35. The number of carbonyl (C=O) groups excluding carboxylic acids is 1. The molecule has 0 aromatic rings. The number of hydrogen-bond donors (Lipinski definition) is 1. The van der Waals surface area contributed by atoms with Crippen molar-refractivity contribution in [2.75, 3.05) is 7.11 Å². The third-order valence-corrected chi connectivity index (χ3v) is 0.613. The summed E-state index contributed by atoms with van der Waals surface area (Å²) in [5, 5.41) is 10.3. The van der Waals surface area contributed by atoms with E-state index in [0.29, 0.717) is 6.41 Å². The van der Waals surface area contributed by atoms with E-state index in [9.17, 15) is 4.79 Å². The second-order valence-electron chi connectivity index (χ2n) is 1.11. The fourth-order valence-corrected chi connectivity index (χ4v) is 0.247. The Morgan fingerprint density at radius 1 is 1.89 bits per heavy atom. The number of allylic oxidation sites excluding steroid dienone is 1. The largest absolute Gasteiger partial charge is 0.486 e. The van der Waals surface area contributed by atoms with Gasteiger partial charge in [-0.2, -0.15) is 5.26 Å². The molecule has 1 amide bonds. The van der Waals surface area contributed by atoms with Gasteiger partial charge in [0.2, 0.25) is 12.2 Å². The summed E-state index contributed by atoms with van der Waals surface area (Å²) in [6, 6.07) is 1.70. The maximum Gasteiger partial charge on any atom is 0.213 e. The summed E-state index contributed by atoms with van der Waals surface area (Å²) >= 11 is 0. The van der Waals surface area contributed by atoms with E-state index in [1.807, 2.05) is 0 Å². The molecule has 0 saturated heterocycles. The minimum atomic E-state index is 0.0714. The lowest BCUT2D eigenvalue weighted by atomic mass is 10.6. The van der Waals surface area contributed by atoms with Gasteiger partial charge in [0.15, 0.2) is 0 Å². The first-order valence-corrected chi connectivity index (χ1v) is 2.19. The Labute approximate surface area is 52.7 Å². The average molecular weight is 126 g/mol. The summed E-state index contributed by atoms with van der Waals surface area (Å²) in [4.78, 5) is 9.62. The molecule has 0 atom stereocenters. The van der Waals surface area contributed by atoms with Crippen LogP contribution in [-0.2, 0) is 9.53 Å². The summed E-state index contributed by atoms with van der Waals surface area (Å²) in [6.07, 6.45) is 1.63. The molecule has 0 aromatic carbocycles. The molecule has 0 aliphatic rings. The fraction of sp³-hybridized carbons (Fsp3) is 0.200. The van der Waals surface area contributed by atoms with Crippen molar-refractivity contribution < 1.29 is 9.53 Å². The van der Waals surface area contributed by atoms with E-state index >= 15 is 0 Å². The van der Waals surface area contributed by atoms with Crippen LogP contribution < -0.4 is 5.32 Å². The topological polar surface area (TPSA) is 62.1 Å². The molecule has 0 bridgehead atoms. The molecule has 0 radical (unpaired) electrons. The molecule has 0 unspecified atom stereocenters. The van der Waals surface area contributed by atoms with Gasteiger partial charge in [0, 0.05) is 0 Å². The Morgan fingerprint density at radius 2 is 2.56 bits per heavy atom. The Bertz CT molecular complexity index is 157. The van der Waals surface area contributed by atoms with E-state index < -0.39 is 0 Å². The summed E-state index contributed by atoms with van der Waals surface area (Å²) in [7, 11) is 1.35. The number of ether oxygens (including phenoxy) is 1. The Hall–Kier alpha value is -1.50. The van der Waals surface area contributed by atoms with Gasteiger partial charge >= 0.3 is 0 Å². The van der Waals surface area contributed by atoms with Crippen molar-refractivity contribution in [1.82, 2.24) is 5.32 Å². The highest BCUT2D eigenvalue weighted by molar-refractivity contribution is 5.48. The van der Waals surface area contributed by atoms with Gasteiger partial charge in [0.1, 0.15) is 6.07 Å². The molecule has 9 heavy (non-hydrogen) atoms. The molecule has 0 aliphatic heterocycles. The van der Waals surface area contributed by atoms with Crippen LogP contribution in [0.15, 0.2) is 12.0 Å². The summed E-state index contributed by atoms with van der Waals surface area (Å²) in [6.45, 7) is 0. The van der Waals surface area contributed by atoms with Crippen molar-refractivity contribution in [1.29, 1.82) is 5.26 Å².